The van der Waals surface area contributed by atoms with Crippen LogP contribution in [0.2, 0.25) is 0 Å². The number of fused-ring (bicyclic) bond motifs is 1. The Balaban J connectivity index is 1.59. The molecule has 2 N–H and O–H groups in total. The van der Waals surface area contributed by atoms with Crippen molar-refractivity contribution in [1.29, 1.82) is 0 Å². The van der Waals surface area contributed by atoms with Crippen molar-refractivity contribution in [1.82, 2.24) is 4.90 Å². The molecule has 0 unspecified atom stereocenters. The second-order valence-electron chi connectivity index (χ2n) is 6.39. The van der Waals surface area contributed by atoms with Crippen molar-refractivity contribution in [2.24, 2.45) is 17.6 Å². The van der Waals surface area contributed by atoms with Crippen LogP contribution in [-0.4, -0.2) is 23.9 Å². The van der Waals surface area contributed by atoms with Gasteiger partial charge in [-0.2, -0.15) is 0 Å². The van der Waals surface area contributed by atoms with Crippen LogP contribution in [0.15, 0.2) is 24.3 Å². The van der Waals surface area contributed by atoms with E-state index < -0.39 is 0 Å². The Bertz CT molecular complexity index is 468. The van der Waals surface area contributed by atoms with Crippen molar-refractivity contribution >= 4 is 5.91 Å². The van der Waals surface area contributed by atoms with Gasteiger partial charge in [0.15, 0.2) is 0 Å². The first-order chi connectivity index (χ1) is 9.72. The summed E-state index contributed by atoms with van der Waals surface area (Å²) in [5.41, 5.74) is 7.15. The summed E-state index contributed by atoms with van der Waals surface area (Å²) in [6.07, 6.45) is 7.09. The SMILES string of the molecule is NC(=O)c1ccc(CN2CC[C@H]3CCCC[C@H]3C2)cc1. The lowest BCUT2D eigenvalue weighted by atomic mass is 9.75. The molecule has 2 aliphatic rings. The zero-order chi connectivity index (χ0) is 13.9. The predicted octanol–water partition coefficient (Wildman–Crippen LogP) is 2.80. The van der Waals surface area contributed by atoms with Crippen LogP contribution in [0.25, 0.3) is 0 Å². The summed E-state index contributed by atoms with van der Waals surface area (Å²) in [6, 6.07) is 7.75. The number of piperidine rings is 1. The van der Waals surface area contributed by atoms with Crippen LogP contribution in [0.5, 0.6) is 0 Å². The van der Waals surface area contributed by atoms with Gasteiger partial charge in [-0.15, -0.1) is 0 Å². The molecule has 1 aliphatic carbocycles. The van der Waals surface area contributed by atoms with E-state index in [1.165, 1.54) is 50.8 Å². The summed E-state index contributed by atoms with van der Waals surface area (Å²) in [6.45, 7) is 3.48. The fourth-order valence-corrected chi connectivity index (χ4v) is 3.85. The molecule has 20 heavy (non-hydrogen) atoms. The Morgan fingerprint density at radius 2 is 1.80 bits per heavy atom. The predicted molar refractivity (Wildman–Crippen MR) is 80.3 cm³/mol. The van der Waals surface area contributed by atoms with Crippen molar-refractivity contribution in [3.63, 3.8) is 0 Å². The Hall–Kier alpha value is -1.35. The van der Waals surface area contributed by atoms with E-state index >= 15 is 0 Å². The van der Waals surface area contributed by atoms with Gasteiger partial charge >= 0.3 is 0 Å². The van der Waals surface area contributed by atoms with Crippen molar-refractivity contribution in [2.45, 2.75) is 38.6 Å². The minimum Gasteiger partial charge on any atom is -0.366 e. The third-order valence-corrected chi connectivity index (χ3v) is 5.02. The van der Waals surface area contributed by atoms with Gasteiger partial charge < -0.3 is 5.73 Å². The molecule has 1 aromatic carbocycles. The number of nitrogens with two attached hydrogens (primary N) is 1. The second-order valence-corrected chi connectivity index (χ2v) is 6.39. The van der Waals surface area contributed by atoms with Crippen molar-refractivity contribution in [3.8, 4) is 0 Å². The van der Waals surface area contributed by atoms with Crippen LogP contribution in [0.1, 0.15) is 48.0 Å². The van der Waals surface area contributed by atoms with E-state index in [1.807, 2.05) is 24.3 Å². The maximum Gasteiger partial charge on any atom is 0.248 e. The quantitative estimate of drug-likeness (QED) is 0.919. The molecule has 108 valence electrons. The van der Waals surface area contributed by atoms with E-state index in [1.54, 1.807) is 0 Å². The number of carbonyl (C=O) groups excluding carboxylic acids is 1. The molecule has 0 radical (unpaired) electrons. The molecule has 1 aliphatic heterocycles. The first kappa shape index (κ1) is 13.6. The van der Waals surface area contributed by atoms with Gasteiger partial charge in [0.1, 0.15) is 0 Å². The van der Waals surface area contributed by atoms with Crippen molar-refractivity contribution in [3.05, 3.63) is 35.4 Å². The lowest BCUT2D eigenvalue weighted by molar-refractivity contribution is 0.0820. The van der Waals surface area contributed by atoms with Gasteiger partial charge in [-0.1, -0.05) is 31.4 Å². The van der Waals surface area contributed by atoms with Gasteiger partial charge in [0.2, 0.25) is 5.91 Å². The van der Waals surface area contributed by atoms with Crippen LogP contribution in [0.4, 0.5) is 0 Å². The van der Waals surface area contributed by atoms with Crippen LogP contribution < -0.4 is 5.73 Å². The van der Waals surface area contributed by atoms with Crippen LogP contribution in [-0.2, 0) is 6.54 Å². The smallest absolute Gasteiger partial charge is 0.248 e. The van der Waals surface area contributed by atoms with Crippen molar-refractivity contribution in [2.75, 3.05) is 13.1 Å². The molecule has 0 bridgehead atoms. The van der Waals surface area contributed by atoms with Gasteiger partial charge in [-0.25, -0.2) is 0 Å². The van der Waals surface area contributed by atoms with E-state index in [4.69, 9.17) is 5.73 Å². The van der Waals surface area contributed by atoms with E-state index in [-0.39, 0.29) is 5.91 Å². The maximum atomic E-state index is 11.1. The molecule has 1 heterocycles. The molecular formula is C17H24N2O. The number of likely N-dealkylation sites (tertiary alicyclic amines) is 1. The first-order valence-corrected chi connectivity index (χ1v) is 7.83. The van der Waals surface area contributed by atoms with E-state index in [0.29, 0.717) is 5.56 Å². The highest BCUT2D eigenvalue weighted by atomic mass is 16.1. The summed E-state index contributed by atoms with van der Waals surface area (Å²) >= 11 is 0. The van der Waals surface area contributed by atoms with E-state index in [2.05, 4.69) is 4.90 Å². The molecule has 3 rings (SSSR count). The second kappa shape index (κ2) is 5.96. The van der Waals surface area contributed by atoms with E-state index in [0.717, 1.165) is 18.4 Å². The number of carbonyl (C=O) groups is 1. The number of nitrogens with zero attached hydrogens (tertiary/aromatic N) is 1. The topological polar surface area (TPSA) is 46.3 Å². The average Bonchev–Trinajstić information content (AvgIpc) is 2.48. The molecule has 0 spiro atoms. The molecular weight excluding hydrogens is 248 g/mol. The third kappa shape index (κ3) is 3.04. The molecule has 1 saturated heterocycles. The summed E-state index contributed by atoms with van der Waals surface area (Å²) in [7, 11) is 0. The average molecular weight is 272 g/mol. The molecule has 0 aromatic heterocycles. The number of rotatable bonds is 3. The number of primary amides is 1. The number of amides is 1. The molecule has 1 saturated carbocycles. The Labute approximate surface area is 121 Å². The fourth-order valence-electron chi connectivity index (χ4n) is 3.85. The Morgan fingerprint density at radius 1 is 1.10 bits per heavy atom. The van der Waals surface area contributed by atoms with Gasteiger partial charge in [-0.3, -0.25) is 9.69 Å². The zero-order valence-corrected chi connectivity index (χ0v) is 12.1. The summed E-state index contributed by atoms with van der Waals surface area (Å²) in [5, 5.41) is 0. The largest absolute Gasteiger partial charge is 0.366 e. The summed E-state index contributed by atoms with van der Waals surface area (Å²) in [5.74, 6) is 1.55. The highest BCUT2D eigenvalue weighted by Gasteiger charge is 2.30. The Kier molecular flexibility index (Phi) is 4.06. The Morgan fingerprint density at radius 3 is 2.50 bits per heavy atom. The van der Waals surface area contributed by atoms with Crippen molar-refractivity contribution < 1.29 is 4.79 Å². The first-order valence-electron chi connectivity index (χ1n) is 7.83. The lowest BCUT2D eigenvalue weighted by Gasteiger charge is -2.41. The maximum absolute atomic E-state index is 11.1. The number of hydrogen-bond acceptors (Lipinski definition) is 2. The molecule has 1 aromatic rings. The highest BCUT2D eigenvalue weighted by molar-refractivity contribution is 5.92. The van der Waals surface area contributed by atoms with Gasteiger partial charge in [0.25, 0.3) is 0 Å². The van der Waals surface area contributed by atoms with Crippen LogP contribution >= 0.6 is 0 Å². The highest BCUT2D eigenvalue weighted by Crippen LogP contribution is 2.36. The van der Waals surface area contributed by atoms with Crippen LogP contribution in [0, 0.1) is 11.8 Å². The minimum absolute atomic E-state index is 0.348. The molecule has 2 fully saturated rings. The number of hydrogen-bond donors (Lipinski definition) is 1. The molecule has 1 amide bonds. The third-order valence-electron chi connectivity index (χ3n) is 5.02. The van der Waals surface area contributed by atoms with Gasteiger partial charge in [-0.05, 0) is 48.9 Å². The summed E-state index contributed by atoms with van der Waals surface area (Å²) in [4.78, 5) is 13.6. The summed E-state index contributed by atoms with van der Waals surface area (Å²) < 4.78 is 0. The normalized spacial score (nSPS) is 27.0. The van der Waals surface area contributed by atoms with Gasteiger partial charge in [0.05, 0.1) is 0 Å². The monoisotopic (exact) mass is 272 g/mol. The van der Waals surface area contributed by atoms with E-state index in [9.17, 15) is 4.79 Å². The molecule has 3 heteroatoms. The number of benzene rings is 1. The minimum atomic E-state index is -0.348. The molecule has 3 nitrogen and oxygen atoms in total. The standard InChI is InChI=1S/C17H24N2O/c18-17(20)15-7-5-13(6-8-15)11-19-10-9-14-3-1-2-4-16(14)12-19/h5-8,14,16H,1-4,9-12H2,(H2,18,20)/t14-,16+/m1/s1. The fraction of sp³-hybridized carbons (Fsp3) is 0.588. The molecule has 2 atom stereocenters. The lowest BCUT2D eigenvalue weighted by Crippen LogP contribution is -2.41. The van der Waals surface area contributed by atoms with Crippen LogP contribution in [0.3, 0.4) is 0 Å². The zero-order valence-electron chi connectivity index (χ0n) is 12.1. The van der Waals surface area contributed by atoms with Gasteiger partial charge in [0, 0.05) is 18.7 Å².